The fourth-order valence-corrected chi connectivity index (χ4v) is 6.02. The molecule has 0 spiro atoms. The quantitative estimate of drug-likeness (QED) is 0.0273. The Bertz CT molecular complexity index is 1320. The average Bonchev–Trinajstić information content (AvgIpc) is 3.23. The Labute approximate surface area is 364 Å². The lowest BCUT2D eigenvalue weighted by molar-refractivity contribution is -0.147. The van der Waals surface area contributed by atoms with Crippen LogP contribution < -0.4 is 10.6 Å². The van der Waals surface area contributed by atoms with Crippen LogP contribution >= 0.6 is 0 Å². The number of rotatable bonds is 40. The second-order valence-electron chi connectivity index (χ2n) is 15.1. The third kappa shape index (κ3) is 40.5. The molecule has 0 aliphatic heterocycles. The van der Waals surface area contributed by atoms with Gasteiger partial charge in [-0.15, -0.1) is 0 Å². The zero-order valence-corrected chi connectivity index (χ0v) is 37.4. The number of unbranched alkanes of at least 4 members (excludes halogenated alkanes) is 12. The van der Waals surface area contributed by atoms with Crippen LogP contribution in [0.5, 0.6) is 0 Å². The van der Waals surface area contributed by atoms with Crippen LogP contribution in [0, 0.1) is 0 Å². The molecule has 0 saturated carbocycles. The Morgan fingerprint density at radius 1 is 0.533 bits per heavy atom. The second-order valence-corrected chi connectivity index (χ2v) is 15.1. The number of nitrogens with one attached hydrogen (secondary N) is 2. The number of carboxylic acids is 1. The van der Waals surface area contributed by atoms with Crippen LogP contribution in [0.15, 0.2) is 97.2 Å². The van der Waals surface area contributed by atoms with Crippen molar-refractivity contribution in [2.75, 3.05) is 13.2 Å². The molecule has 0 aromatic rings. The molecule has 0 radical (unpaired) electrons. The maximum absolute atomic E-state index is 12.8. The number of allylic oxidation sites excluding steroid dienone is 15. The summed E-state index contributed by atoms with van der Waals surface area (Å²) in [5.41, 5.74) is 0. The highest BCUT2D eigenvalue weighted by Crippen LogP contribution is 2.14. The standard InChI is InChI=1S/C51H82N2O7/c1-3-5-7-9-11-13-15-17-19-20-21-22-23-24-25-27-29-31-33-35-37-43-50(57)60-46(40-36-34-32-30-28-26-18-16-14-12-10-8-6-4-2)41-38-39-42-48(55)52-44-49(56)53-47(45-54)51(58)59/h6,8,12,14-15,17-18,20-21,23-24,26,30,32,36,40,46-47,54H,3-5,7,9-11,13,16,19,22,25,27-29,31,33-35,37-39,41-45H2,1-2H3,(H,52,55)(H,53,56)(H,58,59)/b8-6-,14-12-,17-15-,21-20-,24-23-,26-18-,32-30-,40-36-. The number of ether oxygens (including phenoxy) is 1. The molecule has 9 heteroatoms. The minimum Gasteiger partial charge on any atom is -0.480 e. The van der Waals surface area contributed by atoms with Gasteiger partial charge in [0.2, 0.25) is 11.8 Å². The summed E-state index contributed by atoms with van der Waals surface area (Å²) in [6.45, 7) is 3.26. The van der Waals surface area contributed by atoms with Gasteiger partial charge >= 0.3 is 11.9 Å². The van der Waals surface area contributed by atoms with Crippen molar-refractivity contribution in [2.45, 2.75) is 187 Å². The van der Waals surface area contributed by atoms with Gasteiger partial charge in [0.05, 0.1) is 13.2 Å². The van der Waals surface area contributed by atoms with Crippen molar-refractivity contribution in [1.29, 1.82) is 0 Å². The fourth-order valence-electron chi connectivity index (χ4n) is 6.02. The predicted octanol–water partition coefficient (Wildman–Crippen LogP) is 11.8. The summed E-state index contributed by atoms with van der Waals surface area (Å²) in [5.74, 6) is -2.60. The maximum Gasteiger partial charge on any atom is 0.328 e. The minimum absolute atomic E-state index is 0.174. The van der Waals surface area contributed by atoms with E-state index in [1.807, 2.05) is 12.2 Å². The van der Waals surface area contributed by atoms with Crippen molar-refractivity contribution < 1.29 is 34.1 Å². The first-order chi connectivity index (χ1) is 29.3. The molecule has 0 fully saturated rings. The van der Waals surface area contributed by atoms with E-state index in [9.17, 15) is 19.2 Å². The monoisotopic (exact) mass is 835 g/mol. The molecule has 4 N–H and O–H groups in total. The average molecular weight is 835 g/mol. The number of aliphatic hydroxyl groups excluding tert-OH is 1. The normalized spacial score (nSPS) is 13.4. The summed E-state index contributed by atoms with van der Waals surface area (Å²) < 4.78 is 5.85. The van der Waals surface area contributed by atoms with E-state index >= 15 is 0 Å². The number of hydrogen-bond donors (Lipinski definition) is 4. The lowest BCUT2D eigenvalue weighted by atomic mass is 10.1. The molecule has 0 saturated heterocycles. The second kappa shape index (κ2) is 44.3. The van der Waals surface area contributed by atoms with Crippen LogP contribution in [0.1, 0.15) is 174 Å². The smallest absolute Gasteiger partial charge is 0.328 e. The number of aliphatic hydroxyl groups is 1. The van der Waals surface area contributed by atoms with E-state index in [4.69, 9.17) is 14.9 Å². The third-order valence-electron chi connectivity index (χ3n) is 9.55. The largest absolute Gasteiger partial charge is 0.480 e. The van der Waals surface area contributed by atoms with Crippen molar-refractivity contribution in [3.05, 3.63) is 97.2 Å². The molecule has 0 aromatic heterocycles. The molecular formula is C51H82N2O7. The van der Waals surface area contributed by atoms with Gasteiger partial charge in [-0.25, -0.2) is 4.79 Å². The highest BCUT2D eigenvalue weighted by molar-refractivity contribution is 5.87. The molecule has 2 amide bonds. The highest BCUT2D eigenvalue weighted by atomic mass is 16.5. The van der Waals surface area contributed by atoms with Gasteiger partial charge in [-0.1, -0.05) is 156 Å². The van der Waals surface area contributed by atoms with Crippen molar-refractivity contribution >= 4 is 23.8 Å². The van der Waals surface area contributed by atoms with Crippen molar-refractivity contribution in [3.63, 3.8) is 0 Å². The summed E-state index contributed by atoms with van der Waals surface area (Å²) in [7, 11) is 0. The van der Waals surface area contributed by atoms with Crippen LogP contribution in [0.2, 0.25) is 0 Å². The summed E-state index contributed by atoms with van der Waals surface area (Å²) in [4.78, 5) is 47.9. The molecule has 0 heterocycles. The van der Waals surface area contributed by atoms with Gasteiger partial charge < -0.3 is 25.6 Å². The summed E-state index contributed by atoms with van der Waals surface area (Å²) in [6.07, 6.45) is 58.7. The molecule has 0 aromatic carbocycles. The third-order valence-corrected chi connectivity index (χ3v) is 9.55. The first-order valence-electron chi connectivity index (χ1n) is 23.1. The van der Waals surface area contributed by atoms with Crippen LogP contribution in [0.3, 0.4) is 0 Å². The number of aliphatic carboxylic acids is 1. The first kappa shape index (κ1) is 55.8. The number of carbonyl (C=O) groups excluding carboxylic acids is 3. The van der Waals surface area contributed by atoms with E-state index in [1.54, 1.807) is 0 Å². The van der Waals surface area contributed by atoms with E-state index in [1.165, 1.54) is 57.8 Å². The van der Waals surface area contributed by atoms with Crippen LogP contribution in [-0.2, 0) is 23.9 Å². The zero-order valence-electron chi connectivity index (χ0n) is 37.4. The zero-order chi connectivity index (χ0) is 44.0. The molecule has 9 nitrogen and oxygen atoms in total. The van der Waals surface area contributed by atoms with Gasteiger partial charge in [0, 0.05) is 12.8 Å². The van der Waals surface area contributed by atoms with Gasteiger partial charge in [-0.2, -0.15) is 0 Å². The van der Waals surface area contributed by atoms with Crippen LogP contribution in [0.4, 0.5) is 0 Å². The minimum atomic E-state index is -1.42. The topological polar surface area (TPSA) is 142 Å². The number of amides is 2. The Balaban J connectivity index is 4.50. The summed E-state index contributed by atoms with van der Waals surface area (Å²) in [6, 6.07) is -1.42. The molecule has 2 atom stereocenters. The lowest BCUT2D eigenvalue weighted by Gasteiger charge is -2.15. The number of hydrogen-bond acceptors (Lipinski definition) is 6. The van der Waals surface area contributed by atoms with Crippen molar-refractivity contribution in [1.82, 2.24) is 10.6 Å². The number of carbonyl (C=O) groups is 4. The maximum atomic E-state index is 12.8. The molecule has 0 bridgehead atoms. The number of carboxylic acid groups (broad SMARTS) is 1. The van der Waals surface area contributed by atoms with Crippen molar-refractivity contribution in [3.8, 4) is 0 Å². The van der Waals surface area contributed by atoms with Gasteiger partial charge in [-0.05, 0) is 102 Å². The van der Waals surface area contributed by atoms with Gasteiger partial charge in [0.25, 0.3) is 0 Å². The summed E-state index contributed by atoms with van der Waals surface area (Å²) in [5, 5.41) is 22.6. The highest BCUT2D eigenvalue weighted by Gasteiger charge is 2.19. The van der Waals surface area contributed by atoms with Gasteiger partial charge in [-0.3, -0.25) is 14.4 Å². The molecule has 0 rings (SSSR count). The Kier molecular flexibility index (Phi) is 41.2. The SMILES string of the molecule is CC/C=C\C/C=C\C/C=C\C/C=C\C/C=C\C(CCCCC(=O)NCC(=O)NC(CO)C(=O)O)OC(=O)CCCCCCCC/C=C\C/C=C\C/C=C\CCCCCCC. The first-order valence-corrected chi connectivity index (χ1v) is 23.1. The summed E-state index contributed by atoms with van der Waals surface area (Å²) >= 11 is 0. The van der Waals surface area contributed by atoms with E-state index < -0.39 is 24.5 Å². The molecule has 0 aliphatic carbocycles. The Morgan fingerprint density at radius 3 is 1.52 bits per heavy atom. The molecule has 60 heavy (non-hydrogen) atoms. The number of esters is 1. The van der Waals surface area contributed by atoms with E-state index in [2.05, 4.69) is 110 Å². The van der Waals surface area contributed by atoms with Crippen molar-refractivity contribution in [2.24, 2.45) is 0 Å². The van der Waals surface area contributed by atoms with Gasteiger partial charge in [0.1, 0.15) is 12.1 Å². The predicted molar refractivity (Wildman–Crippen MR) is 249 cm³/mol. The van der Waals surface area contributed by atoms with E-state index in [0.29, 0.717) is 25.7 Å². The van der Waals surface area contributed by atoms with Crippen LogP contribution in [0.25, 0.3) is 0 Å². The van der Waals surface area contributed by atoms with Crippen LogP contribution in [-0.4, -0.2) is 59.3 Å². The Morgan fingerprint density at radius 2 is 1.00 bits per heavy atom. The fraction of sp³-hybridized carbons (Fsp3) is 0.608. The molecule has 338 valence electrons. The van der Waals surface area contributed by atoms with E-state index in [-0.39, 0.29) is 30.9 Å². The lowest BCUT2D eigenvalue weighted by Crippen LogP contribution is -2.47. The van der Waals surface area contributed by atoms with Gasteiger partial charge in [0.15, 0.2) is 0 Å². The molecule has 2 unspecified atom stereocenters. The molecular weight excluding hydrogens is 753 g/mol. The molecule has 0 aliphatic rings. The van der Waals surface area contributed by atoms with E-state index in [0.717, 1.165) is 70.6 Å². The Hall–Kier alpha value is -4.24.